The van der Waals surface area contributed by atoms with Gasteiger partial charge in [0.25, 0.3) is 0 Å². The minimum atomic E-state index is 0.538. The van der Waals surface area contributed by atoms with Crippen molar-refractivity contribution in [2.24, 2.45) is 0 Å². The number of ether oxygens (including phenoxy) is 4. The molecule has 0 fully saturated rings. The fourth-order valence-corrected chi connectivity index (χ4v) is 0.847. The van der Waals surface area contributed by atoms with E-state index in [1.807, 2.05) is 0 Å². The summed E-state index contributed by atoms with van der Waals surface area (Å²) in [4.78, 5) is 5.03. The second-order valence-electron chi connectivity index (χ2n) is 2.95. The van der Waals surface area contributed by atoms with Crippen molar-refractivity contribution < 1.29 is 23.8 Å². The summed E-state index contributed by atoms with van der Waals surface area (Å²) in [6.45, 7) is 4.78. The quantitative estimate of drug-likeness (QED) is 0.355. The lowest BCUT2D eigenvalue weighted by Gasteiger charge is -2.07. The molecule has 0 aliphatic carbocycles. The number of nitrogens with one attached hydrogen (secondary N) is 1. The molecule has 0 aliphatic heterocycles. The molecule has 0 atom stereocenters. The zero-order valence-corrected chi connectivity index (χ0v) is 10.2. The van der Waals surface area contributed by atoms with Gasteiger partial charge >= 0.3 is 0 Å². The predicted octanol–water partition coefficient (Wildman–Crippen LogP) is -0.166. The molecule has 0 aliphatic rings. The first-order chi connectivity index (χ1) is 7.91. The Balaban J connectivity index is 2.83. The Kier molecular flexibility index (Phi) is 14.5. The van der Waals surface area contributed by atoms with Crippen molar-refractivity contribution >= 4 is 0 Å². The first-order valence-corrected chi connectivity index (χ1v) is 5.39. The van der Waals surface area contributed by atoms with Crippen LogP contribution < -0.4 is 5.48 Å². The summed E-state index contributed by atoms with van der Waals surface area (Å²) < 4.78 is 20.1. The smallest absolute Gasteiger partial charge is 0.0915 e. The molecular weight excluding hydrogens is 214 g/mol. The van der Waals surface area contributed by atoms with Crippen LogP contribution in [0, 0.1) is 0 Å². The van der Waals surface area contributed by atoms with Crippen LogP contribution in [0.3, 0.4) is 0 Å². The number of rotatable bonds is 13. The fourth-order valence-electron chi connectivity index (χ4n) is 0.847. The second-order valence-corrected chi connectivity index (χ2v) is 2.95. The van der Waals surface area contributed by atoms with Gasteiger partial charge in [-0.1, -0.05) is 0 Å². The van der Waals surface area contributed by atoms with Crippen LogP contribution in [0.15, 0.2) is 0 Å². The van der Waals surface area contributed by atoms with Crippen LogP contribution in [-0.2, 0) is 23.8 Å². The minimum Gasteiger partial charge on any atom is -0.382 e. The summed E-state index contributed by atoms with van der Waals surface area (Å²) in [7, 11) is 3.28. The van der Waals surface area contributed by atoms with E-state index in [0.717, 1.165) is 0 Å². The first-order valence-electron chi connectivity index (χ1n) is 5.39. The molecule has 0 rings (SSSR count). The highest BCUT2D eigenvalue weighted by molar-refractivity contribution is 4.35. The van der Waals surface area contributed by atoms with Gasteiger partial charge in [-0.15, -0.1) is 0 Å². The van der Waals surface area contributed by atoms with Crippen molar-refractivity contribution in [3.63, 3.8) is 0 Å². The molecule has 16 heavy (non-hydrogen) atoms. The Morgan fingerprint density at radius 3 is 1.94 bits per heavy atom. The SMILES string of the molecule is COCCOCCOCCNOCCOC. The molecule has 6 heteroatoms. The van der Waals surface area contributed by atoms with Gasteiger partial charge in [-0.25, -0.2) is 5.48 Å². The predicted molar refractivity (Wildman–Crippen MR) is 59.3 cm³/mol. The number of hydroxylamine groups is 1. The summed E-state index contributed by atoms with van der Waals surface area (Å²) in [6.07, 6.45) is 0. The summed E-state index contributed by atoms with van der Waals surface area (Å²) in [5.74, 6) is 0. The molecule has 0 aromatic heterocycles. The molecular formula is C10H23NO5. The van der Waals surface area contributed by atoms with Crippen LogP contribution in [0.2, 0.25) is 0 Å². The van der Waals surface area contributed by atoms with E-state index in [2.05, 4.69) is 5.48 Å². The lowest BCUT2D eigenvalue weighted by molar-refractivity contribution is -0.0141. The van der Waals surface area contributed by atoms with Crippen LogP contribution in [-0.4, -0.2) is 67.0 Å². The van der Waals surface area contributed by atoms with E-state index in [4.69, 9.17) is 23.8 Å². The van der Waals surface area contributed by atoms with Crippen molar-refractivity contribution in [2.45, 2.75) is 0 Å². The van der Waals surface area contributed by atoms with Crippen LogP contribution in [0.1, 0.15) is 0 Å². The van der Waals surface area contributed by atoms with Gasteiger partial charge in [0.1, 0.15) is 0 Å². The van der Waals surface area contributed by atoms with E-state index in [1.165, 1.54) is 0 Å². The summed E-state index contributed by atoms with van der Waals surface area (Å²) >= 11 is 0. The molecule has 0 spiro atoms. The molecule has 1 N–H and O–H groups in total. The third kappa shape index (κ3) is 13.8. The van der Waals surface area contributed by atoms with Gasteiger partial charge in [-0.3, -0.25) is 4.84 Å². The third-order valence-corrected chi connectivity index (χ3v) is 1.64. The lowest BCUT2D eigenvalue weighted by atomic mass is 10.7. The van der Waals surface area contributed by atoms with Gasteiger partial charge in [0.05, 0.1) is 46.2 Å². The molecule has 0 radical (unpaired) electrons. The topological polar surface area (TPSA) is 58.2 Å². The Morgan fingerprint density at radius 2 is 1.25 bits per heavy atom. The van der Waals surface area contributed by atoms with E-state index < -0.39 is 0 Å². The van der Waals surface area contributed by atoms with Gasteiger partial charge in [-0.2, -0.15) is 0 Å². The molecule has 0 amide bonds. The highest BCUT2D eigenvalue weighted by Crippen LogP contribution is 1.79. The zero-order valence-electron chi connectivity index (χ0n) is 10.2. The van der Waals surface area contributed by atoms with Gasteiger partial charge in [0, 0.05) is 20.8 Å². The van der Waals surface area contributed by atoms with E-state index in [0.29, 0.717) is 52.8 Å². The van der Waals surface area contributed by atoms with E-state index in [1.54, 1.807) is 14.2 Å². The van der Waals surface area contributed by atoms with Gasteiger partial charge in [0.15, 0.2) is 0 Å². The first kappa shape index (κ1) is 15.8. The van der Waals surface area contributed by atoms with Crippen molar-refractivity contribution in [1.82, 2.24) is 5.48 Å². The second kappa shape index (κ2) is 14.8. The van der Waals surface area contributed by atoms with Crippen LogP contribution >= 0.6 is 0 Å². The molecule has 0 heterocycles. The van der Waals surface area contributed by atoms with Crippen molar-refractivity contribution in [2.75, 3.05) is 67.0 Å². The van der Waals surface area contributed by atoms with Gasteiger partial charge in [0.2, 0.25) is 0 Å². The highest BCUT2D eigenvalue weighted by atomic mass is 16.7. The van der Waals surface area contributed by atoms with Crippen LogP contribution in [0.4, 0.5) is 0 Å². The molecule has 0 aromatic carbocycles. The minimum absolute atomic E-state index is 0.538. The maximum atomic E-state index is 5.28. The summed E-state index contributed by atoms with van der Waals surface area (Å²) in [5.41, 5.74) is 2.77. The number of methoxy groups -OCH3 is 2. The lowest BCUT2D eigenvalue weighted by Crippen LogP contribution is -2.23. The summed E-state index contributed by atoms with van der Waals surface area (Å²) in [6, 6.07) is 0. The third-order valence-electron chi connectivity index (χ3n) is 1.64. The average molecular weight is 237 g/mol. The van der Waals surface area contributed by atoms with Crippen LogP contribution in [0.25, 0.3) is 0 Å². The molecule has 0 unspecified atom stereocenters. The van der Waals surface area contributed by atoms with Gasteiger partial charge < -0.3 is 18.9 Å². The number of hydrogen-bond donors (Lipinski definition) is 1. The van der Waals surface area contributed by atoms with E-state index in [-0.39, 0.29) is 0 Å². The Hall–Kier alpha value is -0.240. The van der Waals surface area contributed by atoms with Crippen LogP contribution in [0.5, 0.6) is 0 Å². The zero-order chi connectivity index (χ0) is 11.9. The Bertz CT molecular complexity index is 112. The fraction of sp³-hybridized carbons (Fsp3) is 1.00. The highest BCUT2D eigenvalue weighted by Gasteiger charge is 1.91. The maximum Gasteiger partial charge on any atom is 0.0915 e. The van der Waals surface area contributed by atoms with Crippen molar-refractivity contribution in [3.8, 4) is 0 Å². The number of hydrogen-bond acceptors (Lipinski definition) is 6. The Morgan fingerprint density at radius 1 is 0.688 bits per heavy atom. The monoisotopic (exact) mass is 237 g/mol. The Labute approximate surface area is 97.1 Å². The largest absolute Gasteiger partial charge is 0.382 e. The normalized spacial score (nSPS) is 10.9. The molecule has 0 saturated carbocycles. The molecule has 6 nitrogen and oxygen atoms in total. The average Bonchev–Trinajstić information content (AvgIpc) is 2.31. The standard InChI is InChI=1S/C10H23NO5/c1-12-5-7-15-9-8-14-4-3-11-16-10-6-13-2/h11H,3-10H2,1-2H3. The van der Waals surface area contributed by atoms with Gasteiger partial charge in [-0.05, 0) is 0 Å². The maximum absolute atomic E-state index is 5.28. The van der Waals surface area contributed by atoms with Crippen molar-refractivity contribution in [3.05, 3.63) is 0 Å². The summed E-state index contributed by atoms with van der Waals surface area (Å²) in [5, 5.41) is 0. The van der Waals surface area contributed by atoms with Crippen molar-refractivity contribution in [1.29, 1.82) is 0 Å². The molecule has 0 aromatic rings. The molecule has 0 saturated heterocycles. The van der Waals surface area contributed by atoms with E-state index >= 15 is 0 Å². The molecule has 98 valence electrons. The van der Waals surface area contributed by atoms with E-state index in [9.17, 15) is 0 Å². The molecule has 0 bridgehead atoms.